The zero-order chi connectivity index (χ0) is 15.8. The molecule has 0 aliphatic heterocycles. The molecule has 0 aliphatic rings. The summed E-state index contributed by atoms with van der Waals surface area (Å²) in [6.07, 6.45) is -0.914. The average molecular weight is 368 g/mol. The monoisotopic (exact) mass is 367 g/mol. The fraction of sp³-hybridized carbons (Fsp3) is 0.786. The maximum atomic E-state index is 12.1. The molecular formula is C14H24BrF2N3O. The number of aromatic nitrogens is 2. The molecular weight excluding hydrogens is 344 g/mol. The lowest BCUT2D eigenvalue weighted by Crippen LogP contribution is -2.33. The Morgan fingerprint density at radius 2 is 2.10 bits per heavy atom. The first-order valence-corrected chi connectivity index (χ1v) is 8.09. The van der Waals surface area contributed by atoms with Crippen molar-refractivity contribution in [3.05, 3.63) is 15.9 Å². The molecule has 0 spiro atoms. The van der Waals surface area contributed by atoms with Gasteiger partial charge < -0.3 is 10.1 Å². The molecule has 0 aromatic carbocycles. The van der Waals surface area contributed by atoms with Gasteiger partial charge in [-0.3, -0.25) is 4.68 Å². The number of ether oxygens (including phenoxy) is 1. The van der Waals surface area contributed by atoms with Gasteiger partial charge in [0.1, 0.15) is 6.61 Å². The molecule has 0 bridgehead atoms. The van der Waals surface area contributed by atoms with Crippen molar-refractivity contribution < 1.29 is 13.5 Å². The second-order valence-corrected chi connectivity index (χ2v) is 5.67. The van der Waals surface area contributed by atoms with E-state index in [1.54, 1.807) is 0 Å². The lowest BCUT2D eigenvalue weighted by Gasteiger charge is -2.19. The Morgan fingerprint density at radius 3 is 2.67 bits per heavy atom. The number of nitrogens with one attached hydrogen (secondary N) is 1. The quantitative estimate of drug-likeness (QED) is 0.645. The van der Waals surface area contributed by atoms with Crippen LogP contribution in [0.25, 0.3) is 0 Å². The summed E-state index contributed by atoms with van der Waals surface area (Å²) in [5.41, 5.74) is 2.10. The Labute approximate surface area is 133 Å². The van der Waals surface area contributed by atoms with Crippen LogP contribution in [0.1, 0.15) is 31.7 Å². The smallest absolute Gasteiger partial charge is 0.261 e. The summed E-state index contributed by atoms with van der Waals surface area (Å²) in [5, 5.41) is 7.85. The fourth-order valence-corrected chi connectivity index (χ4v) is 2.71. The van der Waals surface area contributed by atoms with Gasteiger partial charge in [0.25, 0.3) is 6.43 Å². The highest BCUT2D eigenvalue weighted by Crippen LogP contribution is 2.23. The minimum absolute atomic E-state index is 0.186. The molecule has 0 radical (unpaired) electrons. The van der Waals surface area contributed by atoms with Gasteiger partial charge >= 0.3 is 0 Å². The van der Waals surface area contributed by atoms with E-state index in [2.05, 4.69) is 33.3 Å². The minimum atomic E-state index is -2.40. The number of halogens is 3. The summed E-state index contributed by atoms with van der Waals surface area (Å²) < 4.78 is 32.1. The van der Waals surface area contributed by atoms with Crippen LogP contribution >= 0.6 is 15.9 Å². The van der Waals surface area contributed by atoms with Gasteiger partial charge in [-0.05, 0) is 42.7 Å². The number of alkyl halides is 2. The molecule has 1 heterocycles. The normalized spacial score (nSPS) is 13.1. The maximum absolute atomic E-state index is 12.1. The Morgan fingerprint density at radius 1 is 1.38 bits per heavy atom. The van der Waals surface area contributed by atoms with Crippen molar-refractivity contribution in [3.63, 3.8) is 0 Å². The van der Waals surface area contributed by atoms with Crippen LogP contribution in [-0.2, 0) is 17.7 Å². The van der Waals surface area contributed by atoms with E-state index in [0.29, 0.717) is 13.0 Å². The lowest BCUT2D eigenvalue weighted by molar-refractivity contribution is 0.0144. The van der Waals surface area contributed by atoms with Crippen LogP contribution in [0.4, 0.5) is 8.78 Å². The van der Waals surface area contributed by atoms with Gasteiger partial charge in [0, 0.05) is 25.6 Å². The Kier molecular flexibility index (Phi) is 8.36. The molecule has 4 nitrogen and oxygen atoms in total. The van der Waals surface area contributed by atoms with E-state index in [9.17, 15) is 8.78 Å². The number of nitrogens with zero attached hydrogens (tertiary/aromatic N) is 2. The Balaban J connectivity index is 2.61. The molecule has 1 N–H and O–H groups in total. The summed E-state index contributed by atoms with van der Waals surface area (Å²) in [5.74, 6) is 0. The van der Waals surface area contributed by atoms with Crippen LogP contribution in [0.3, 0.4) is 0 Å². The van der Waals surface area contributed by atoms with Crippen molar-refractivity contribution in [1.82, 2.24) is 15.1 Å². The third kappa shape index (κ3) is 6.00. The zero-order valence-corrected chi connectivity index (χ0v) is 14.4. The van der Waals surface area contributed by atoms with Gasteiger partial charge in [-0.2, -0.15) is 5.10 Å². The number of hydrogen-bond acceptors (Lipinski definition) is 3. The number of rotatable bonds is 10. The van der Waals surface area contributed by atoms with Crippen LogP contribution in [0, 0.1) is 6.92 Å². The first kappa shape index (κ1) is 18.5. The highest BCUT2D eigenvalue weighted by Gasteiger charge is 2.17. The van der Waals surface area contributed by atoms with Crippen molar-refractivity contribution in [2.45, 2.75) is 52.6 Å². The second kappa shape index (κ2) is 9.48. The molecule has 0 aliphatic carbocycles. The molecule has 0 fully saturated rings. The van der Waals surface area contributed by atoms with E-state index in [4.69, 9.17) is 4.74 Å². The van der Waals surface area contributed by atoms with E-state index in [0.717, 1.165) is 35.4 Å². The van der Waals surface area contributed by atoms with Crippen molar-refractivity contribution in [3.8, 4) is 0 Å². The van der Waals surface area contributed by atoms with E-state index in [1.807, 2.05) is 18.5 Å². The molecule has 1 aromatic heterocycles. The zero-order valence-electron chi connectivity index (χ0n) is 12.8. The summed E-state index contributed by atoms with van der Waals surface area (Å²) >= 11 is 3.58. The number of likely N-dealkylation sites (N-methyl/N-ethyl adjacent to an activating group) is 1. The summed E-state index contributed by atoms with van der Waals surface area (Å²) in [6, 6.07) is 0.186. The van der Waals surface area contributed by atoms with Crippen LogP contribution < -0.4 is 5.32 Å². The van der Waals surface area contributed by atoms with Gasteiger partial charge in [-0.15, -0.1) is 0 Å². The molecule has 1 aromatic rings. The van der Waals surface area contributed by atoms with Crippen LogP contribution in [0.15, 0.2) is 4.47 Å². The topological polar surface area (TPSA) is 39.1 Å². The SMILES string of the molecule is CCNC(CCOCC(F)F)Cc1c(Br)c(C)nn1CC. The molecule has 1 atom stereocenters. The first-order chi connectivity index (χ1) is 9.99. The van der Waals surface area contributed by atoms with Crippen molar-refractivity contribution in [2.24, 2.45) is 0 Å². The molecule has 1 rings (SSSR count). The molecule has 0 saturated carbocycles. The molecule has 7 heteroatoms. The number of hydrogen-bond donors (Lipinski definition) is 1. The van der Waals surface area contributed by atoms with E-state index in [1.165, 1.54) is 0 Å². The average Bonchev–Trinajstić information content (AvgIpc) is 2.71. The minimum Gasteiger partial charge on any atom is -0.375 e. The summed E-state index contributed by atoms with van der Waals surface area (Å²) in [6.45, 7) is 7.53. The molecule has 0 amide bonds. The number of aryl methyl sites for hydroxylation is 2. The molecule has 122 valence electrons. The van der Waals surface area contributed by atoms with Crippen LogP contribution in [0.2, 0.25) is 0 Å². The van der Waals surface area contributed by atoms with Crippen LogP contribution in [0.5, 0.6) is 0 Å². The standard InChI is InChI=1S/C14H24BrF2N3O/c1-4-18-11(6-7-21-9-13(16)17)8-12-14(15)10(3)19-20(12)5-2/h11,13,18H,4-9H2,1-3H3. The van der Waals surface area contributed by atoms with Crippen molar-refractivity contribution in [2.75, 3.05) is 19.8 Å². The third-order valence-corrected chi connectivity index (χ3v) is 4.27. The predicted octanol–water partition coefficient (Wildman–Crippen LogP) is 3.17. The Bertz CT molecular complexity index is 427. The molecule has 21 heavy (non-hydrogen) atoms. The van der Waals surface area contributed by atoms with Gasteiger partial charge in [-0.25, -0.2) is 8.78 Å². The summed E-state index contributed by atoms with van der Waals surface area (Å²) in [7, 11) is 0. The largest absolute Gasteiger partial charge is 0.375 e. The highest BCUT2D eigenvalue weighted by molar-refractivity contribution is 9.10. The predicted molar refractivity (Wildman–Crippen MR) is 82.9 cm³/mol. The van der Waals surface area contributed by atoms with Gasteiger partial charge in [0.05, 0.1) is 15.9 Å². The third-order valence-electron chi connectivity index (χ3n) is 3.24. The maximum Gasteiger partial charge on any atom is 0.261 e. The van der Waals surface area contributed by atoms with Gasteiger partial charge in [-0.1, -0.05) is 6.92 Å². The van der Waals surface area contributed by atoms with Crippen molar-refractivity contribution >= 4 is 15.9 Å². The Hall–Kier alpha value is -0.530. The lowest BCUT2D eigenvalue weighted by atomic mass is 10.1. The fourth-order valence-electron chi connectivity index (χ4n) is 2.26. The molecule has 1 unspecified atom stereocenters. The van der Waals surface area contributed by atoms with Gasteiger partial charge in [0.2, 0.25) is 0 Å². The van der Waals surface area contributed by atoms with E-state index >= 15 is 0 Å². The first-order valence-electron chi connectivity index (χ1n) is 7.30. The molecule has 0 saturated heterocycles. The van der Waals surface area contributed by atoms with Crippen LogP contribution in [-0.4, -0.2) is 42.0 Å². The van der Waals surface area contributed by atoms with Gasteiger partial charge in [0.15, 0.2) is 0 Å². The van der Waals surface area contributed by atoms with Crippen molar-refractivity contribution in [1.29, 1.82) is 0 Å². The highest BCUT2D eigenvalue weighted by atomic mass is 79.9. The summed E-state index contributed by atoms with van der Waals surface area (Å²) in [4.78, 5) is 0. The second-order valence-electron chi connectivity index (χ2n) is 4.88. The van der Waals surface area contributed by atoms with E-state index < -0.39 is 13.0 Å². The van der Waals surface area contributed by atoms with E-state index in [-0.39, 0.29) is 6.04 Å².